The van der Waals surface area contributed by atoms with Gasteiger partial charge in [0, 0.05) is 5.69 Å². The molecular weight excluding hydrogens is 208 g/mol. The smallest absolute Gasteiger partial charge is 0.338 e. The first-order valence-corrected chi connectivity index (χ1v) is 4.82. The molecule has 0 heterocycles. The summed E-state index contributed by atoms with van der Waals surface area (Å²) in [6.45, 7) is 1.80. The van der Waals surface area contributed by atoms with Crippen LogP contribution in [-0.4, -0.2) is 18.5 Å². The van der Waals surface area contributed by atoms with Crippen molar-refractivity contribution in [3.05, 3.63) is 29.3 Å². The van der Waals surface area contributed by atoms with Crippen molar-refractivity contribution in [2.45, 2.75) is 13.3 Å². The lowest BCUT2D eigenvalue weighted by Gasteiger charge is -2.05. The number of nitrogen functional groups attached to an aromatic ring is 1. The first-order chi connectivity index (χ1) is 7.50. The molecule has 0 aliphatic rings. The Hall–Kier alpha value is -2.04. The van der Waals surface area contributed by atoms with Crippen LogP contribution in [0.25, 0.3) is 0 Å². The number of hydrogen-bond acceptors (Lipinski definition) is 4. The fourth-order valence-electron chi connectivity index (χ4n) is 1.13. The molecule has 4 N–H and O–H groups in total. The highest BCUT2D eigenvalue weighted by Crippen LogP contribution is 2.13. The zero-order valence-electron chi connectivity index (χ0n) is 9.03. The van der Waals surface area contributed by atoms with E-state index >= 15 is 0 Å². The molecule has 1 rings (SSSR count). The highest BCUT2D eigenvalue weighted by Gasteiger charge is 2.08. The largest absolute Gasteiger partial charge is 0.462 e. The van der Waals surface area contributed by atoms with Gasteiger partial charge in [-0.3, -0.25) is 4.79 Å². The molecule has 0 aromatic heterocycles. The lowest BCUT2D eigenvalue weighted by Crippen LogP contribution is -2.15. The van der Waals surface area contributed by atoms with Crippen molar-refractivity contribution in [2.24, 2.45) is 5.73 Å². The number of carbonyl (C=O) groups is 2. The highest BCUT2D eigenvalue weighted by molar-refractivity contribution is 5.90. The molecule has 1 amide bonds. The number of nitrogens with two attached hydrogens (primary N) is 2. The molecule has 0 unspecified atom stereocenters. The van der Waals surface area contributed by atoms with Crippen molar-refractivity contribution in [2.75, 3.05) is 12.3 Å². The second-order valence-electron chi connectivity index (χ2n) is 3.42. The number of amides is 1. The van der Waals surface area contributed by atoms with Gasteiger partial charge in [0.2, 0.25) is 5.91 Å². The molecule has 86 valence electrons. The molecule has 0 fully saturated rings. The van der Waals surface area contributed by atoms with E-state index in [0.717, 1.165) is 5.56 Å². The quantitative estimate of drug-likeness (QED) is 0.576. The number of benzene rings is 1. The summed E-state index contributed by atoms with van der Waals surface area (Å²) < 4.78 is 4.85. The molecule has 16 heavy (non-hydrogen) atoms. The zero-order chi connectivity index (χ0) is 12.1. The molecule has 5 nitrogen and oxygen atoms in total. The minimum Gasteiger partial charge on any atom is -0.462 e. The lowest BCUT2D eigenvalue weighted by atomic mass is 10.1. The minimum atomic E-state index is -0.499. The predicted molar refractivity (Wildman–Crippen MR) is 59.7 cm³/mol. The molecule has 0 atom stereocenters. The number of anilines is 1. The van der Waals surface area contributed by atoms with E-state index < -0.39 is 11.9 Å². The van der Waals surface area contributed by atoms with Gasteiger partial charge in [0.15, 0.2) is 0 Å². The summed E-state index contributed by atoms with van der Waals surface area (Å²) in [5, 5.41) is 0. The number of esters is 1. The van der Waals surface area contributed by atoms with E-state index in [1.807, 2.05) is 0 Å². The van der Waals surface area contributed by atoms with Gasteiger partial charge in [-0.15, -0.1) is 0 Å². The van der Waals surface area contributed by atoms with Gasteiger partial charge in [-0.05, 0) is 30.7 Å². The molecule has 0 bridgehead atoms. The Bertz CT molecular complexity index is 416. The average molecular weight is 222 g/mol. The van der Waals surface area contributed by atoms with Crippen molar-refractivity contribution < 1.29 is 14.3 Å². The van der Waals surface area contributed by atoms with Crippen molar-refractivity contribution in [1.82, 2.24) is 0 Å². The van der Waals surface area contributed by atoms with Gasteiger partial charge < -0.3 is 16.2 Å². The van der Waals surface area contributed by atoms with Gasteiger partial charge in [0.25, 0.3) is 0 Å². The molecule has 1 aromatic rings. The number of primary amides is 1. The van der Waals surface area contributed by atoms with Crippen LogP contribution >= 0.6 is 0 Å². The third kappa shape index (κ3) is 3.27. The van der Waals surface area contributed by atoms with Crippen LogP contribution in [0.1, 0.15) is 22.3 Å². The third-order valence-electron chi connectivity index (χ3n) is 2.09. The van der Waals surface area contributed by atoms with Crippen molar-refractivity contribution in [3.8, 4) is 0 Å². The van der Waals surface area contributed by atoms with Crippen LogP contribution in [-0.2, 0) is 9.53 Å². The molecular formula is C11H14N2O3. The summed E-state index contributed by atoms with van der Waals surface area (Å²) in [6.07, 6.45) is 0.0275. The van der Waals surface area contributed by atoms with E-state index in [-0.39, 0.29) is 13.0 Å². The van der Waals surface area contributed by atoms with Crippen LogP contribution in [0, 0.1) is 6.92 Å². The molecule has 0 saturated carbocycles. The van der Waals surface area contributed by atoms with Crippen LogP contribution in [0.2, 0.25) is 0 Å². The maximum Gasteiger partial charge on any atom is 0.338 e. The van der Waals surface area contributed by atoms with Crippen molar-refractivity contribution in [3.63, 3.8) is 0 Å². The first kappa shape index (κ1) is 12.0. The Balaban J connectivity index is 2.59. The van der Waals surface area contributed by atoms with Gasteiger partial charge in [0.05, 0.1) is 12.0 Å². The number of hydrogen-bond donors (Lipinski definition) is 2. The summed E-state index contributed by atoms with van der Waals surface area (Å²) in [5.74, 6) is -0.981. The molecule has 0 aliphatic carbocycles. The fraction of sp³-hybridized carbons (Fsp3) is 0.273. The Morgan fingerprint density at radius 3 is 2.62 bits per heavy atom. The summed E-state index contributed by atoms with van der Waals surface area (Å²) in [5.41, 5.74) is 12.4. The summed E-state index contributed by atoms with van der Waals surface area (Å²) in [6, 6.07) is 4.86. The molecule has 0 radical (unpaired) electrons. The van der Waals surface area contributed by atoms with Crippen molar-refractivity contribution >= 4 is 17.6 Å². The Kier molecular flexibility index (Phi) is 3.88. The molecule has 1 aromatic carbocycles. The van der Waals surface area contributed by atoms with Crippen LogP contribution in [0.5, 0.6) is 0 Å². The molecule has 0 saturated heterocycles. The number of ether oxygens (including phenoxy) is 1. The van der Waals surface area contributed by atoms with E-state index in [9.17, 15) is 9.59 Å². The van der Waals surface area contributed by atoms with E-state index in [0.29, 0.717) is 11.3 Å². The number of rotatable bonds is 4. The van der Waals surface area contributed by atoms with E-state index in [1.165, 1.54) is 0 Å². The summed E-state index contributed by atoms with van der Waals surface area (Å²) in [4.78, 5) is 21.9. The van der Waals surface area contributed by atoms with E-state index in [2.05, 4.69) is 0 Å². The number of carbonyl (C=O) groups excluding carboxylic acids is 2. The molecule has 0 aliphatic heterocycles. The van der Waals surface area contributed by atoms with Crippen LogP contribution in [0.15, 0.2) is 18.2 Å². The van der Waals surface area contributed by atoms with Crippen molar-refractivity contribution in [1.29, 1.82) is 0 Å². The Morgan fingerprint density at radius 1 is 1.38 bits per heavy atom. The monoisotopic (exact) mass is 222 g/mol. The maximum atomic E-state index is 11.5. The molecule has 0 spiro atoms. The van der Waals surface area contributed by atoms with Gasteiger partial charge >= 0.3 is 5.97 Å². The highest BCUT2D eigenvalue weighted by atomic mass is 16.5. The third-order valence-corrected chi connectivity index (χ3v) is 2.09. The van der Waals surface area contributed by atoms with Crippen LogP contribution in [0.3, 0.4) is 0 Å². The lowest BCUT2D eigenvalue weighted by molar-refractivity contribution is -0.118. The van der Waals surface area contributed by atoms with E-state index in [1.54, 1.807) is 25.1 Å². The zero-order valence-corrected chi connectivity index (χ0v) is 9.03. The maximum absolute atomic E-state index is 11.5. The number of aryl methyl sites for hydroxylation is 1. The second-order valence-corrected chi connectivity index (χ2v) is 3.42. The predicted octanol–water partition coefficient (Wildman–Crippen LogP) is 0.609. The van der Waals surface area contributed by atoms with Gasteiger partial charge in [-0.25, -0.2) is 4.79 Å². The standard InChI is InChI=1S/C11H14N2O3/c1-7-6-8(2-3-9(7)12)11(15)16-5-4-10(13)14/h2-3,6H,4-5,12H2,1H3,(H2,13,14). The second kappa shape index (κ2) is 5.16. The Morgan fingerprint density at radius 2 is 2.06 bits per heavy atom. The van der Waals surface area contributed by atoms with Gasteiger partial charge in [-0.1, -0.05) is 0 Å². The average Bonchev–Trinajstić information content (AvgIpc) is 2.21. The fourth-order valence-corrected chi connectivity index (χ4v) is 1.13. The molecule has 5 heteroatoms. The normalized spacial score (nSPS) is 9.81. The minimum absolute atomic E-state index is 0.00239. The first-order valence-electron chi connectivity index (χ1n) is 4.82. The topological polar surface area (TPSA) is 95.4 Å². The summed E-state index contributed by atoms with van der Waals surface area (Å²) in [7, 11) is 0. The van der Waals surface area contributed by atoms with E-state index in [4.69, 9.17) is 16.2 Å². The van der Waals surface area contributed by atoms with Gasteiger partial charge in [0.1, 0.15) is 6.61 Å². The van der Waals surface area contributed by atoms with Gasteiger partial charge in [-0.2, -0.15) is 0 Å². The van der Waals surface area contributed by atoms with Crippen LogP contribution in [0.4, 0.5) is 5.69 Å². The SMILES string of the molecule is Cc1cc(C(=O)OCCC(N)=O)ccc1N. The van der Waals surface area contributed by atoms with Crippen LogP contribution < -0.4 is 11.5 Å². The summed E-state index contributed by atoms with van der Waals surface area (Å²) >= 11 is 0. The Labute approximate surface area is 93.4 Å².